The molecule has 0 fully saturated rings. The summed E-state index contributed by atoms with van der Waals surface area (Å²) in [7, 11) is 3.68. The normalized spacial score (nSPS) is 18.3. The molecule has 0 saturated carbocycles. The standard InChI is InChI=1S/C20H18N4O2/c1-24(2)22-11-9-13-12-6-3-4-8-15(12)23-18-16(13)20(26)17-14(19(18)25)7-5-10-21-17/h3-8,10-11,13,23H,9H2,1-2H3/b22-11+. The van der Waals surface area contributed by atoms with Crippen molar-refractivity contribution in [3.8, 4) is 0 Å². The van der Waals surface area contributed by atoms with Crippen LogP contribution in [0.15, 0.2) is 59.0 Å². The minimum atomic E-state index is -0.238. The minimum absolute atomic E-state index is 0.188. The first-order valence-electron chi connectivity index (χ1n) is 8.42. The van der Waals surface area contributed by atoms with Gasteiger partial charge in [0.05, 0.1) is 11.3 Å². The second kappa shape index (κ2) is 6.22. The van der Waals surface area contributed by atoms with Gasteiger partial charge in [-0.3, -0.25) is 14.6 Å². The molecule has 2 heterocycles. The van der Waals surface area contributed by atoms with Crippen molar-refractivity contribution in [3.63, 3.8) is 0 Å². The second-order valence-electron chi connectivity index (χ2n) is 6.49. The first-order chi connectivity index (χ1) is 12.6. The van der Waals surface area contributed by atoms with Crippen molar-refractivity contribution in [2.75, 3.05) is 19.4 Å². The molecule has 6 heteroatoms. The molecule has 1 aromatic carbocycles. The van der Waals surface area contributed by atoms with E-state index in [1.165, 1.54) is 0 Å². The summed E-state index contributed by atoms with van der Waals surface area (Å²) >= 11 is 0. The Morgan fingerprint density at radius 1 is 1.15 bits per heavy atom. The van der Waals surface area contributed by atoms with Crippen LogP contribution in [0.2, 0.25) is 0 Å². The SMILES string of the molecule is CN(C)/N=C/CC1C2=C(Nc3ccccc31)C(=O)c1cccnc1C2=O. The topological polar surface area (TPSA) is 74.7 Å². The fourth-order valence-corrected chi connectivity index (χ4v) is 3.49. The Labute approximate surface area is 151 Å². The molecule has 0 bridgehead atoms. The third-order valence-corrected chi connectivity index (χ3v) is 4.61. The molecule has 6 nitrogen and oxygen atoms in total. The number of ketones is 2. The van der Waals surface area contributed by atoms with Crippen molar-refractivity contribution >= 4 is 23.5 Å². The predicted molar refractivity (Wildman–Crippen MR) is 99.5 cm³/mol. The quantitative estimate of drug-likeness (QED) is 0.683. The number of para-hydroxylation sites is 1. The van der Waals surface area contributed by atoms with Crippen LogP contribution in [0, 0.1) is 0 Å². The molecule has 0 saturated heterocycles. The number of allylic oxidation sites excluding steroid dienone is 2. The number of hydrazone groups is 1. The van der Waals surface area contributed by atoms with Crippen LogP contribution in [0.1, 0.15) is 38.7 Å². The van der Waals surface area contributed by atoms with Gasteiger partial charge in [0.1, 0.15) is 5.69 Å². The molecule has 1 unspecified atom stereocenters. The van der Waals surface area contributed by atoms with Crippen molar-refractivity contribution in [3.05, 3.63) is 70.7 Å². The van der Waals surface area contributed by atoms with E-state index in [1.807, 2.05) is 38.4 Å². The highest BCUT2D eigenvalue weighted by Crippen LogP contribution is 2.43. The molecule has 2 aliphatic rings. The number of benzene rings is 1. The van der Waals surface area contributed by atoms with E-state index in [0.29, 0.717) is 23.3 Å². The van der Waals surface area contributed by atoms with E-state index in [4.69, 9.17) is 0 Å². The minimum Gasteiger partial charge on any atom is -0.352 e. The number of fused-ring (bicyclic) bond motifs is 2. The van der Waals surface area contributed by atoms with Crippen LogP contribution in [0.5, 0.6) is 0 Å². The van der Waals surface area contributed by atoms with Gasteiger partial charge in [0.15, 0.2) is 0 Å². The van der Waals surface area contributed by atoms with Crippen LogP contribution >= 0.6 is 0 Å². The zero-order valence-corrected chi connectivity index (χ0v) is 14.6. The molecule has 2 aromatic rings. The third-order valence-electron chi connectivity index (χ3n) is 4.61. The molecule has 130 valence electrons. The third kappa shape index (κ3) is 2.50. The Bertz CT molecular complexity index is 975. The van der Waals surface area contributed by atoms with Gasteiger partial charge in [-0.1, -0.05) is 18.2 Å². The van der Waals surface area contributed by atoms with Gasteiger partial charge >= 0.3 is 0 Å². The summed E-state index contributed by atoms with van der Waals surface area (Å²) in [6, 6.07) is 11.1. The van der Waals surface area contributed by atoms with Crippen molar-refractivity contribution < 1.29 is 9.59 Å². The van der Waals surface area contributed by atoms with Gasteiger partial charge in [-0.15, -0.1) is 0 Å². The van der Waals surface area contributed by atoms with Crippen LogP contribution in [-0.4, -0.2) is 41.9 Å². The van der Waals surface area contributed by atoms with Crippen LogP contribution in [0.4, 0.5) is 5.69 Å². The maximum Gasteiger partial charge on any atom is 0.211 e. The van der Waals surface area contributed by atoms with E-state index in [1.54, 1.807) is 29.6 Å². The number of nitrogens with zero attached hydrogens (tertiary/aromatic N) is 3. The van der Waals surface area contributed by atoms with Crippen molar-refractivity contribution in [1.82, 2.24) is 9.99 Å². The van der Waals surface area contributed by atoms with Crippen LogP contribution < -0.4 is 5.32 Å². The van der Waals surface area contributed by atoms with E-state index in [9.17, 15) is 9.59 Å². The smallest absolute Gasteiger partial charge is 0.211 e. The fraction of sp³-hybridized carbons (Fsp3) is 0.200. The summed E-state index contributed by atoms with van der Waals surface area (Å²) in [5, 5.41) is 9.15. The summed E-state index contributed by atoms with van der Waals surface area (Å²) in [5.74, 6) is -0.620. The van der Waals surface area contributed by atoms with Crippen molar-refractivity contribution in [1.29, 1.82) is 0 Å². The monoisotopic (exact) mass is 346 g/mol. The average molecular weight is 346 g/mol. The first-order valence-corrected chi connectivity index (χ1v) is 8.42. The Kier molecular flexibility index (Phi) is 3.88. The average Bonchev–Trinajstić information content (AvgIpc) is 2.65. The van der Waals surface area contributed by atoms with E-state index >= 15 is 0 Å². The number of rotatable bonds is 3. The Morgan fingerprint density at radius 2 is 1.96 bits per heavy atom. The molecule has 0 radical (unpaired) electrons. The Hall–Kier alpha value is -3.28. The number of anilines is 1. The van der Waals surface area contributed by atoms with Gasteiger partial charge < -0.3 is 10.3 Å². The maximum absolute atomic E-state index is 13.1. The number of Topliss-reactive ketones (excluding diaryl/α,β-unsaturated/α-hetero) is 2. The number of hydrogen-bond acceptors (Lipinski definition) is 6. The fourth-order valence-electron chi connectivity index (χ4n) is 3.49. The van der Waals surface area contributed by atoms with Crippen LogP contribution in [-0.2, 0) is 0 Å². The molecule has 1 N–H and O–H groups in total. The highest BCUT2D eigenvalue weighted by Gasteiger charge is 2.40. The van der Waals surface area contributed by atoms with Gasteiger partial charge in [-0.05, 0) is 30.2 Å². The lowest BCUT2D eigenvalue weighted by molar-refractivity contribution is 0.0965. The highest BCUT2D eigenvalue weighted by atomic mass is 16.1. The molecular formula is C20H18N4O2. The molecule has 1 aromatic heterocycles. The zero-order valence-electron chi connectivity index (χ0n) is 14.6. The summed E-state index contributed by atoms with van der Waals surface area (Å²) in [6.45, 7) is 0. The zero-order chi connectivity index (χ0) is 18.3. The molecule has 4 rings (SSSR count). The van der Waals surface area contributed by atoms with Gasteiger partial charge in [-0.2, -0.15) is 5.10 Å². The Morgan fingerprint density at radius 3 is 2.77 bits per heavy atom. The molecule has 26 heavy (non-hydrogen) atoms. The van der Waals surface area contributed by atoms with Gasteiger partial charge in [-0.25, -0.2) is 0 Å². The van der Waals surface area contributed by atoms with E-state index in [0.717, 1.165) is 11.3 Å². The maximum atomic E-state index is 13.1. The van der Waals surface area contributed by atoms with Gasteiger partial charge in [0, 0.05) is 43.7 Å². The largest absolute Gasteiger partial charge is 0.352 e. The van der Waals surface area contributed by atoms with E-state index < -0.39 is 0 Å². The number of pyridine rings is 1. The molecule has 1 aliphatic heterocycles. The molecular weight excluding hydrogens is 328 g/mol. The first kappa shape index (κ1) is 16.2. The lowest BCUT2D eigenvalue weighted by Crippen LogP contribution is -2.33. The number of hydrogen-bond donors (Lipinski definition) is 1. The van der Waals surface area contributed by atoms with Crippen molar-refractivity contribution in [2.45, 2.75) is 12.3 Å². The van der Waals surface area contributed by atoms with Crippen LogP contribution in [0.3, 0.4) is 0 Å². The number of carbonyl (C=O) groups excluding carboxylic acids is 2. The summed E-state index contributed by atoms with van der Waals surface area (Å²) < 4.78 is 0. The highest BCUT2D eigenvalue weighted by molar-refractivity contribution is 6.28. The predicted octanol–water partition coefficient (Wildman–Crippen LogP) is 2.86. The number of nitrogens with one attached hydrogen (secondary N) is 1. The van der Waals surface area contributed by atoms with E-state index in [2.05, 4.69) is 15.4 Å². The van der Waals surface area contributed by atoms with E-state index in [-0.39, 0.29) is 23.2 Å². The lowest BCUT2D eigenvalue weighted by atomic mass is 9.76. The van der Waals surface area contributed by atoms with Gasteiger partial charge in [0.2, 0.25) is 11.6 Å². The van der Waals surface area contributed by atoms with Crippen LogP contribution in [0.25, 0.3) is 0 Å². The Balaban J connectivity index is 1.85. The molecule has 0 spiro atoms. The number of aromatic nitrogens is 1. The molecule has 1 atom stereocenters. The second-order valence-corrected chi connectivity index (χ2v) is 6.49. The molecule has 0 amide bonds. The molecule has 1 aliphatic carbocycles. The summed E-state index contributed by atoms with van der Waals surface area (Å²) in [6.07, 6.45) is 3.85. The number of carbonyl (C=O) groups is 2. The van der Waals surface area contributed by atoms with Crippen molar-refractivity contribution in [2.24, 2.45) is 5.10 Å². The summed E-state index contributed by atoms with van der Waals surface area (Å²) in [4.78, 5) is 30.3. The summed E-state index contributed by atoms with van der Waals surface area (Å²) in [5.41, 5.74) is 3.25. The van der Waals surface area contributed by atoms with Gasteiger partial charge in [0.25, 0.3) is 0 Å². The lowest BCUT2D eigenvalue weighted by Gasteiger charge is -2.32.